The molecule has 1 aliphatic heterocycles. The maximum absolute atomic E-state index is 5.47. The highest BCUT2D eigenvalue weighted by Crippen LogP contribution is 2.41. The molecule has 0 bridgehead atoms. The van der Waals surface area contributed by atoms with Crippen molar-refractivity contribution in [3.63, 3.8) is 0 Å². The highest BCUT2D eigenvalue weighted by Gasteiger charge is 2.27. The van der Waals surface area contributed by atoms with Crippen LogP contribution in [-0.4, -0.2) is 34.5 Å². The lowest BCUT2D eigenvalue weighted by Crippen LogP contribution is -2.05. The van der Waals surface area contributed by atoms with E-state index in [1.54, 1.807) is 33.5 Å². The van der Waals surface area contributed by atoms with E-state index in [0.717, 1.165) is 5.56 Å². The lowest BCUT2D eigenvalue weighted by atomic mass is 10.1. The summed E-state index contributed by atoms with van der Waals surface area (Å²) in [6.07, 6.45) is -0.439. The van der Waals surface area contributed by atoms with Gasteiger partial charge in [-0.1, -0.05) is 0 Å². The highest BCUT2D eigenvalue weighted by atomic mass is 16.7. The SMILES string of the molecule is COc1cc(OC)c(C2OCCO2)c(OC)c1. The zero-order valence-corrected chi connectivity index (χ0v) is 10.2. The molecule has 1 aromatic carbocycles. The monoisotopic (exact) mass is 240 g/mol. The maximum atomic E-state index is 5.47. The third-order valence-electron chi connectivity index (χ3n) is 2.61. The molecule has 0 spiro atoms. The van der Waals surface area contributed by atoms with Crippen LogP contribution in [0.5, 0.6) is 17.2 Å². The van der Waals surface area contributed by atoms with Crippen LogP contribution in [0.3, 0.4) is 0 Å². The van der Waals surface area contributed by atoms with Crippen LogP contribution in [0.1, 0.15) is 11.9 Å². The Labute approximate surface area is 100 Å². The van der Waals surface area contributed by atoms with Gasteiger partial charge < -0.3 is 23.7 Å². The Bertz CT molecular complexity index is 359. The van der Waals surface area contributed by atoms with Crippen molar-refractivity contribution in [1.29, 1.82) is 0 Å². The van der Waals surface area contributed by atoms with Gasteiger partial charge in [-0.2, -0.15) is 0 Å². The van der Waals surface area contributed by atoms with E-state index in [2.05, 4.69) is 0 Å². The summed E-state index contributed by atoms with van der Waals surface area (Å²) >= 11 is 0. The third-order valence-corrected chi connectivity index (χ3v) is 2.61. The molecule has 1 saturated heterocycles. The molecule has 94 valence electrons. The quantitative estimate of drug-likeness (QED) is 0.802. The molecule has 1 aliphatic rings. The second kappa shape index (κ2) is 5.25. The number of hydrogen-bond acceptors (Lipinski definition) is 5. The Balaban J connectivity index is 2.45. The van der Waals surface area contributed by atoms with E-state index in [1.807, 2.05) is 0 Å². The fourth-order valence-electron chi connectivity index (χ4n) is 1.79. The molecule has 1 aromatic rings. The van der Waals surface area contributed by atoms with Crippen LogP contribution < -0.4 is 14.2 Å². The Morgan fingerprint density at radius 2 is 1.47 bits per heavy atom. The molecule has 1 heterocycles. The predicted octanol–water partition coefficient (Wildman–Crippen LogP) is 1.76. The Hall–Kier alpha value is -1.46. The van der Waals surface area contributed by atoms with Gasteiger partial charge in [0.15, 0.2) is 6.29 Å². The van der Waals surface area contributed by atoms with Crippen molar-refractivity contribution in [1.82, 2.24) is 0 Å². The minimum absolute atomic E-state index is 0.439. The van der Waals surface area contributed by atoms with Gasteiger partial charge >= 0.3 is 0 Å². The summed E-state index contributed by atoms with van der Waals surface area (Å²) in [6, 6.07) is 3.56. The van der Waals surface area contributed by atoms with Gasteiger partial charge in [0.05, 0.1) is 40.1 Å². The van der Waals surface area contributed by atoms with Crippen LogP contribution in [0.25, 0.3) is 0 Å². The van der Waals surface area contributed by atoms with Crippen LogP contribution in [0.15, 0.2) is 12.1 Å². The van der Waals surface area contributed by atoms with Crippen molar-refractivity contribution >= 4 is 0 Å². The van der Waals surface area contributed by atoms with Crippen molar-refractivity contribution in [2.75, 3.05) is 34.5 Å². The van der Waals surface area contributed by atoms with E-state index in [0.29, 0.717) is 30.5 Å². The fourth-order valence-corrected chi connectivity index (χ4v) is 1.79. The number of rotatable bonds is 4. The van der Waals surface area contributed by atoms with Gasteiger partial charge in [0.1, 0.15) is 17.2 Å². The van der Waals surface area contributed by atoms with Gasteiger partial charge in [-0.05, 0) is 0 Å². The van der Waals surface area contributed by atoms with Crippen molar-refractivity contribution in [2.45, 2.75) is 6.29 Å². The minimum Gasteiger partial charge on any atom is -0.496 e. The second-order valence-corrected chi connectivity index (χ2v) is 3.52. The number of hydrogen-bond donors (Lipinski definition) is 0. The molecule has 0 N–H and O–H groups in total. The largest absolute Gasteiger partial charge is 0.496 e. The summed E-state index contributed by atoms with van der Waals surface area (Å²) in [7, 11) is 4.77. The lowest BCUT2D eigenvalue weighted by Gasteiger charge is -2.18. The molecule has 2 rings (SSSR count). The number of ether oxygens (including phenoxy) is 5. The summed E-state index contributed by atoms with van der Waals surface area (Å²) in [5.41, 5.74) is 0.758. The smallest absolute Gasteiger partial charge is 0.191 e. The maximum Gasteiger partial charge on any atom is 0.191 e. The van der Waals surface area contributed by atoms with Gasteiger partial charge in [-0.25, -0.2) is 0 Å². The molecular weight excluding hydrogens is 224 g/mol. The molecule has 0 atom stereocenters. The van der Waals surface area contributed by atoms with E-state index in [-0.39, 0.29) is 0 Å². The second-order valence-electron chi connectivity index (χ2n) is 3.52. The molecule has 0 aromatic heterocycles. The van der Waals surface area contributed by atoms with Crippen LogP contribution in [0.4, 0.5) is 0 Å². The third kappa shape index (κ3) is 2.30. The van der Waals surface area contributed by atoms with Gasteiger partial charge in [0.25, 0.3) is 0 Å². The zero-order valence-electron chi connectivity index (χ0n) is 10.2. The van der Waals surface area contributed by atoms with Gasteiger partial charge in [-0.15, -0.1) is 0 Å². The lowest BCUT2D eigenvalue weighted by molar-refractivity contribution is -0.0469. The fraction of sp³-hybridized carbons (Fsp3) is 0.500. The molecule has 5 heteroatoms. The van der Waals surface area contributed by atoms with Crippen LogP contribution in [0, 0.1) is 0 Å². The van der Waals surface area contributed by atoms with E-state index >= 15 is 0 Å². The summed E-state index contributed by atoms with van der Waals surface area (Å²) in [4.78, 5) is 0. The summed E-state index contributed by atoms with van der Waals surface area (Å²) in [5.74, 6) is 1.93. The zero-order chi connectivity index (χ0) is 12.3. The van der Waals surface area contributed by atoms with Crippen molar-refractivity contribution in [3.8, 4) is 17.2 Å². The van der Waals surface area contributed by atoms with Crippen LogP contribution in [0.2, 0.25) is 0 Å². The summed E-state index contributed by atoms with van der Waals surface area (Å²) in [6.45, 7) is 1.14. The first kappa shape index (κ1) is 12.0. The van der Waals surface area contributed by atoms with E-state index in [4.69, 9.17) is 23.7 Å². The normalized spacial score (nSPS) is 15.9. The number of benzene rings is 1. The summed E-state index contributed by atoms with van der Waals surface area (Å²) < 4.78 is 26.8. The molecule has 0 amide bonds. The highest BCUT2D eigenvalue weighted by molar-refractivity contribution is 5.51. The average molecular weight is 240 g/mol. The minimum atomic E-state index is -0.439. The predicted molar refractivity (Wildman–Crippen MR) is 60.7 cm³/mol. The molecule has 0 unspecified atom stereocenters. The molecule has 17 heavy (non-hydrogen) atoms. The first-order chi connectivity index (χ1) is 8.30. The van der Waals surface area contributed by atoms with Crippen molar-refractivity contribution in [3.05, 3.63) is 17.7 Å². The Morgan fingerprint density at radius 1 is 0.941 bits per heavy atom. The Kier molecular flexibility index (Phi) is 3.71. The molecule has 1 fully saturated rings. The van der Waals surface area contributed by atoms with Crippen molar-refractivity contribution in [2.24, 2.45) is 0 Å². The molecule has 5 nitrogen and oxygen atoms in total. The molecule has 0 saturated carbocycles. The first-order valence-corrected chi connectivity index (χ1v) is 5.33. The summed E-state index contributed by atoms with van der Waals surface area (Å²) in [5, 5.41) is 0. The van der Waals surface area contributed by atoms with Gasteiger partial charge in [0.2, 0.25) is 0 Å². The average Bonchev–Trinajstić information content (AvgIpc) is 2.90. The van der Waals surface area contributed by atoms with Crippen molar-refractivity contribution < 1.29 is 23.7 Å². The molecule has 0 radical (unpaired) electrons. The Morgan fingerprint density at radius 3 is 1.88 bits per heavy atom. The van der Waals surface area contributed by atoms with Gasteiger partial charge in [0, 0.05) is 12.1 Å². The van der Waals surface area contributed by atoms with Crippen LogP contribution in [-0.2, 0) is 9.47 Å². The number of methoxy groups -OCH3 is 3. The van der Waals surface area contributed by atoms with E-state index in [1.165, 1.54) is 0 Å². The standard InChI is InChI=1S/C12H16O5/c1-13-8-6-9(14-2)11(10(7-8)15-3)12-16-4-5-17-12/h6-7,12H,4-5H2,1-3H3. The van der Waals surface area contributed by atoms with Gasteiger partial charge in [-0.3, -0.25) is 0 Å². The van der Waals surface area contributed by atoms with E-state index in [9.17, 15) is 0 Å². The van der Waals surface area contributed by atoms with E-state index < -0.39 is 6.29 Å². The molecule has 0 aliphatic carbocycles. The van der Waals surface area contributed by atoms with Crippen LogP contribution >= 0.6 is 0 Å². The topological polar surface area (TPSA) is 46.2 Å². The molecular formula is C12H16O5. The first-order valence-electron chi connectivity index (χ1n) is 5.33.